The zero-order valence-electron chi connectivity index (χ0n) is 12.9. The lowest BCUT2D eigenvalue weighted by Crippen LogP contribution is -1.82. The zero-order valence-corrected chi connectivity index (χ0v) is 12.9. The molecule has 0 radical (unpaired) electrons. The van der Waals surface area contributed by atoms with Crippen molar-refractivity contribution in [2.45, 2.75) is 0 Å². The van der Waals surface area contributed by atoms with Crippen molar-refractivity contribution in [3.63, 3.8) is 0 Å². The van der Waals surface area contributed by atoms with E-state index in [1.165, 1.54) is 6.26 Å². The lowest BCUT2D eigenvalue weighted by molar-refractivity contribution is 0.477. The van der Waals surface area contributed by atoms with Gasteiger partial charge in [-0.05, 0) is 36.4 Å². The Morgan fingerprint density at radius 3 is 2.76 bits per heavy atom. The number of aromatic nitrogens is 2. The molecule has 7 heteroatoms. The number of imidazole rings is 1. The van der Waals surface area contributed by atoms with Crippen LogP contribution in [0, 0.1) is 11.3 Å². The van der Waals surface area contributed by atoms with Crippen molar-refractivity contribution in [1.29, 1.82) is 5.26 Å². The molecular weight excluding hydrogens is 318 g/mol. The topological polar surface area (TPSA) is 99.2 Å². The maximum Gasteiger partial charge on any atom is 0.190 e. The van der Waals surface area contributed by atoms with E-state index in [9.17, 15) is 10.4 Å². The molecule has 4 aromatic rings. The number of hydrogen-bond acceptors (Lipinski definition) is 6. The number of nitrogens with zero attached hydrogens (tertiary/aromatic N) is 5. The highest BCUT2D eigenvalue weighted by Crippen LogP contribution is 2.35. The van der Waals surface area contributed by atoms with Crippen LogP contribution in [-0.2, 0) is 0 Å². The van der Waals surface area contributed by atoms with Crippen molar-refractivity contribution in [2.75, 3.05) is 0 Å². The predicted molar refractivity (Wildman–Crippen MR) is 89.9 cm³/mol. The number of nitriles is 1. The minimum atomic E-state index is 0.0224. The first-order valence-corrected chi connectivity index (χ1v) is 7.42. The third kappa shape index (κ3) is 2.52. The average molecular weight is 329 g/mol. The largest absolute Gasteiger partial charge is 0.504 e. The second-order valence-corrected chi connectivity index (χ2v) is 5.18. The van der Waals surface area contributed by atoms with Crippen LogP contribution in [0.5, 0.6) is 5.75 Å². The van der Waals surface area contributed by atoms with Gasteiger partial charge in [0.25, 0.3) is 0 Å². The fourth-order valence-electron chi connectivity index (χ4n) is 2.47. The first-order valence-electron chi connectivity index (χ1n) is 7.42. The molecule has 0 bridgehead atoms. The van der Waals surface area contributed by atoms with Gasteiger partial charge in [-0.25, -0.2) is 4.98 Å². The highest BCUT2D eigenvalue weighted by molar-refractivity contribution is 5.73. The fraction of sp³-hybridized carbons (Fsp3) is 0. The van der Waals surface area contributed by atoms with Crippen molar-refractivity contribution in [1.82, 2.24) is 9.38 Å². The third-order valence-corrected chi connectivity index (χ3v) is 3.64. The molecule has 4 rings (SSSR count). The molecule has 3 aromatic heterocycles. The van der Waals surface area contributed by atoms with E-state index in [4.69, 9.17) is 4.42 Å². The first kappa shape index (κ1) is 14.7. The Morgan fingerprint density at radius 2 is 1.96 bits per heavy atom. The molecule has 0 unspecified atom stereocenters. The highest BCUT2D eigenvalue weighted by atomic mass is 16.3. The van der Waals surface area contributed by atoms with Crippen molar-refractivity contribution in [3.05, 3.63) is 66.6 Å². The molecule has 0 aliphatic heterocycles. The molecule has 7 nitrogen and oxygen atoms in total. The number of fused-ring (bicyclic) bond motifs is 1. The number of azo groups is 1. The second-order valence-electron chi connectivity index (χ2n) is 5.18. The van der Waals surface area contributed by atoms with E-state index >= 15 is 0 Å². The van der Waals surface area contributed by atoms with Crippen molar-refractivity contribution >= 4 is 17.2 Å². The molecule has 0 saturated heterocycles. The Balaban J connectivity index is 1.91. The van der Waals surface area contributed by atoms with Crippen LogP contribution in [0.1, 0.15) is 5.56 Å². The summed E-state index contributed by atoms with van der Waals surface area (Å²) < 4.78 is 7.03. The van der Waals surface area contributed by atoms with Gasteiger partial charge in [0.15, 0.2) is 28.7 Å². The highest BCUT2D eigenvalue weighted by Gasteiger charge is 2.18. The van der Waals surface area contributed by atoms with Gasteiger partial charge < -0.3 is 9.52 Å². The maximum absolute atomic E-state index is 10.0. The van der Waals surface area contributed by atoms with Gasteiger partial charge in [0.1, 0.15) is 11.8 Å². The van der Waals surface area contributed by atoms with E-state index < -0.39 is 0 Å². The summed E-state index contributed by atoms with van der Waals surface area (Å²) in [6.45, 7) is 0. The standard InChI is InChI=1S/C18H11N5O2/c19-11-12-5-1-2-6-13(12)21-22-18-16(15-8-4-10-25-15)20-17-14(24)7-3-9-23(17)18/h1-10,24H. The van der Waals surface area contributed by atoms with Crippen molar-refractivity contribution in [2.24, 2.45) is 10.2 Å². The van der Waals surface area contributed by atoms with Crippen LogP contribution in [0.15, 0.2) is 75.6 Å². The molecule has 0 aliphatic rings. The minimum absolute atomic E-state index is 0.0224. The molecule has 0 spiro atoms. The quantitative estimate of drug-likeness (QED) is 0.556. The lowest BCUT2D eigenvalue weighted by Gasteiger charge is -1.99. The molecule has 120 valence electrons. The molecule has 1 aromatic carbocycles. The van der Waals surface area contributed by atoms with Gasteiger partial charge in [0, 0.05) is 6.20 Å². The summed E-state index contributed by atoms with van der Waals surface area (Å²) in [6.07, 6.45) is 3.25. The molecular formula is C18H11N5O2. The number of benzene rings is 1. The van der Waals surface area contributed by atoms with Crippen molar-refractivity contribution < 1.29 is 9.52 Å². The third-order valence-electron chi connectivity index (χ3n) is 3.64. The number of furan rings is 1. The van der Waals surface area contributed by atoms with Crippen LogP contribution in [0.4, 0.5) is 11.5 Å². The molecule has 0 fully saturated rings. The Morgan fingerprint density at radius 1 is 1.08 bits per heavy atom. The summed E-state index contributed by atoms with van der Waals surface area (Å²) in [6, 6.07) is 15.7. The Kier molecular flexibility index (Phi) is 3.48. The van der Waals surface area contributed by atoms with Gasteiger partial charge in [-0.2, -0.15) is 5.26 Å². The number of aromatic hydroxyl groups is 1. The van der Waals surface area contributed by atoms with Gasteiger partial charge in [0.05, 0.1) is 11.8 Å². The summed E-state index contributed by atoms with van der Waals surface area (Å²) in [7, 11) is 0. The first-order chi connectivity index (χ1) is 12.3. The molecule has 0 saturated carbocycles. The SMILES string of the molecule is N#Cc1ccccc1N=Nc1c(-c2ccco2)nc2c(O)cccn12. The van der Waals surface area contributed by atoms with Crippen LogP contribution in [0.2, 0.25) is 0 Å². The summed E-state index contributed by atoms with van der Waals surface area (Å²) in [5.74, 6) is 0.924. The average Bonchev–Trinajstić information content (AvgIpc) is 3.28. The maximum atomic E-state index is 10.0. The molecule has 1 N–H and O–H groups in total. The van der Waals surface area contributed by atoms with Crippen molar-refractivity contribution in [3.8, 4) is 23.3 Å². The monoisotopic (exact) mass is 329 g/mol. The van der Waals surface area contributed by atoms with E-state index in [2.05, 4.69) is 21.3 Å². The van der Waals surface area contributed by atoms with Crippen LogP contribution in [0.25, 0.3) is 17.1 Å². The fourth-order valence-corrected chi connectivity index (χ4v) is 2.47. The number of pyridine rings is 1. The van der Waals surface area contributed by atoms with Crippen LogP contribution >= 0.6 is 0 Å². The van der Waals surface area contributed by atoms with E-state index in [0.717, 1.165) is 0 Å². The molecule has 0 aliphatic carbocycles. The van der Waals surface area contributed by atoms with Gasteiger partial charge in [-0.1, -0.05) is 12.1 Å². The normalized spacial score (nSPS) is 11.2. The smallest absolute Gasteiger partial charge is 0.190 e. The summed E-state index contributed by atoms with van der Waals surface area (Å²) in [4.78, 5) is 4.41. The Bertz CT molecular complexity index is 1120. The Labute approximate surface area is 142 Å². The Hall–Kier alpha value is -3.92. The zero-order chi connectivity index (χ0) is 17.2. The van der Waals surface area contributed by atoms with Gasteiger partial charge in [0.2, 0.25) is 0 Å². The predicted octanol–water partition coefficient (Wildman–Crippen LogP) is 4.59. The second kappa shape index (κ2) is 5.94. The number of rotatable bonds is 3. The molecule has 25 heavy (non-hydrogen) atoms. The number of hydrogen-bond donors (Lipinski definition) is 1. The minimum Gasteiger partial charge on any atom is -0.504 e. The van der Waals surface area contributed by atoms with E-state index in [-0.39, 0.29) is 5.75 Å². The van der Waals surface area contributed by atoms with E-state index in [0.29, 0.717) is 34.2 Å². The van der Waals surface area contributed by atoms with E-state index in [1.807, 2.05) is 0 Å². The van der Waals surface area contributed by atoms with Crippen LogP contribution < -0.4 is 0 Å². The summed E-state index contributed by atoms with van der Waals surface area (Å²) in [5, 5.41) is 27.7. The van der Waals surface area contributed by atoms with Gasteiger partial charge >= 0.3 is 0 Å². The lowest BCUT2D eigenvalue weighted by atomic mass is 10.2. The summed E-state index contributed by atoms with van der Waals surface area (Å²) in [5.41, 5.74) is 1.66. The van der Waals surface area contributed by atoms with Crippen LogP contribution in [0.3, 0.4) is 0 Å². The molecule has 0 amide bonds. The van der Waals surface area contributed by atoms with Crippen LogP contribution in [-0.4, -0.2) is 14.5 Å². The molecule has 0 atom stereocenters. The molecule has 3 heterocycles. The van der Waals surface area contributed by atoms with Gasteiger partial charge in [-0.3, -0.25) is 4.40 Å². The van der Waals surface area contributed by atoms with E-state index in [1.54, 1.807) is 59.1 Å². The summed E-state index contributed by atoms with van der Waals surface area (Å²) >= 11 is 0. The van der Waals surface area contributed by atoms with Gasteiger partial charge in [-0.15, -0.1) is 10.2 Å².